The lowest BCUT2D eigenvalue weighted by Crippen LogP contribution is -2.46. The number of carboxylic acid groups (broad SMARTS) is 1. The van der Waals surface area contributed by atoms with Crippen LogP contribution >= 0.6 is 0 Å². The van der Waals surface area contributed by atoms with E-state index in [0.29, 0.717) is 35.6 Å². The lowest BCUT2D eigenvalue weighted by molar-refractivity contribution is -0.131. The SMILES string of the molecule is O=C(O)/C=C/c1ccc(NC(=O)C2(NC(=O)c3ccc4c(C5CCCCC5)n(-c5ccccc5)nc4c3)CC2)cc1. The Balaban J connectivity index is 1.21. The highest BCUT2D eigenvalue weighted by Gasteiger charge is 2.51. The van der Waals surface area contributed by atoms with Crippen LogP contribution < -0.4 is 10.6 Å². The molecule has 208 valence electrons. The van der Waals surface area contributed by atoms with E-state index in [9.17, 15) is 14.4 Å². The molecule has 1 heterocycles. The second-order valence-electron chi connectivity index (χ2n) is 11.0. The number of carbonyl (C=O) groups is 3. The van der Waals surface area contributed by atoms with Crippen molar-refractivity contribution in [3.8, 4) is 5.69 Å². The number of aromatic nitrogens is 2. The molecule has 2 saturated carbocycles. The Bertz CT molecular complexity index is 1630. The summed E-state index contributed by atoms with van der Waals surface area (Å²) in [6, 6.07) is 22.6. The Morgan fingerprint density at radius 2 is 1.66 bits per heavy atom. The minimum Gasteiger partial charge on any atom is -0.478 e. The Hall–Kier alpha value is -4.72. The minimum atomic E-state index is -1.03. The molecule has 0 atom stereocenters. The number of carbonyl (C=O) groups excluding carboxylic acids is 2. The van der Waals surface area contributed by atoms with Gasteiger partial charge in [-0.2, -0.15) is 5.10 Å². The molecule has 2 fully saturated rings. The van der Waals surface area contributed by atoms with Crippen LogP contribution in [0, 0.1) is 0 Å². The van der Waals surface area contributed by atoms with Gasteiger partial charge in [0.1, 0.15) is 5.54 Å². The summed E-state index contributed by atoms with van der Waals surface area (Å²) in [6.07, 6.45) is 9.61. The Morgan fingerprint density at radius 3 is 2.34 bits per heavy atom. The van der Waals surface area contributed by atoms with Crippen LogP contribution in [0.4, 0.5) is 5.69 Å². The van der Waals surface area contributed by atoms with E-state index in [1.54, 1.807) is 24.3 Å². The highest BCUT2D eigenvalue weighted by Crippen LogP contribution is 2.39. The summed E-state index contributed by atoms with van der Waals surface area (Å²) in [4.78, 5) is 37.2. The first kappa shape index (κ1) is 26.5. The molecular weight excluding hydrogens is 516 g/mol. The van der Waals surface area contributed by atoms with E-state index < -0.39 is 11.5 Å². The van der Waals surface area contributed by atoms with Crippen LogP contribution in [0.25, 0.3) is 22.7 Å². The maximum Gasteiger partial charge on any atom is 0.328 e. The first-order chi connectivity index (χ1) is 19.9. The highest BCUT2D eigenvalue weighted by atomic mass is 16.4. The van der Waals surface area contributed by atoms with Gasteiger partial charge in [0.05, 0.1) is 16.9 Å². The minimum absolute atomic E-state index is 0.270. The lowest BCUT2D eigenvalue weighted by Gasteiger charge is -2.23. The maximum atomic E-state index is 13.4. The van der Waals surface area contributed by atoms with Gasteiger partial charge in [-0.1, -0.05) is 55.7 Å². The van der Waals surface area contributed by atoms with Crippen LogP contribution in [0.3, 0.4) is 0 Å². The molecule has 4 aromatic rings. The number of hydrogen-bond acceptors (Lipinski definition) is 4. The number of nitrogens with zero attached hydrogens (tertiary/aromatic N) is 2. The van der Waals surface area contributed by atoms with Gasteiger partial charge in [-0.15, -0.1) is 0 Å². The molecule has 8 nitrogen and oxygen atoms in total. The van der Waals surface area contributed by atoms with Crippen molar-refractivity contribution in [3.63, 3.8) is 0 Å². The second-order valence-corrected chi connectivity index (χ2v) is 11.0. The fourth-order valence-electron chi connectivity index (χ4n) is 5.70. The van der Waals surface area contributed by atoms with Crippen molar-refractivity contribution in [2.45, 2.75) is 56.4 Å². The number of aliphatic carboxylic acids is 1. The van der Waals surface area contributed by atoms with Crippen LogP contribution in [-0.2, 0) is 9.59 Å². The van der Waals surface area contributed by atoms with Gasteiger partial charge in [0, 0.05) is 28.6 Å². The third kappa shape index (κ3) is 5.63. The zero-order valence-corrected chi connectivity index (χ0v) is 22.7. The Kier molecular flexibility index (Phi) is 7.14. The van der Waals surface area contributed by atoms with Crippen molar-refractivity contribution in [1.29, 1.82) is 0 Å². The number of carboxylic acids is 1. The molecule has 0 spiro atoms. The van der Waals surface area contributed by atoms with E-state index >= 15 is 0 Å². The van der Waals surface area contributed by atoms with Gasteiger partial charge in [0.2, 0.25) is 5.91 Å². The normalized spacial score (nSPS) is 16.5. The average molecular weight is 549 g/mol. The zero-order valence-electron chi connectivity index (χ0n) is 22.7. The third-order valence-corrected chi connectivity index (χ3v) is 8.09. The van der Waals surface area contributed by atoms with Crippen LogP contribution in [0.15, 0.2) is 78.9 Å². The number of rotatable bonds is 8. The van der Waals surface area contributed by atoms with E-state index in [1.165, 1.54) is 31.0 Å². The molecule has 0 unspecified atom stereocenters. The molecule has 41 heavy (non-hydrogen) atoms. The molecule has 3 N–H and O–H groups in total. The number of amides is 2. The zero-order chi connectivity index (χ0) is 28.4. The molecule has 2 amide bonds. The molecule has 6 rings (SSSR count). The predicted molar refractivity (Wildman–Crippen MR) is 158 cm³/mol. The smallest absolute Gasteiger partial charge is 0.328 e. The molecule has 0 saturated heterocycles. The van der Waals surface area contributed by atoms with Gasteiger partial charge in [0.25, 0.3) is 5.91 Å². The quantitative estimate of drug-likeness (QED) is 0.231. The standard InChI is InChI=1S/C33H32N4O4/c38-29(39)18-13-22-11-15-25(16-12-22)34-32(41)33(19-20-33)35-31(40)24-14-17-27-28(21-24)36-37(26-9-5-2-6-10-26)30(27)23-7-3-1-4-8-23/h2,5-6,9-18,21,23H,1,3-4,7-8,19-20H2,(H,34,41)(H,35,40)(H,38,39)/b18-13+. The molecule has 0 aliphatic heterocycles. The molecule has 8 heteroatoms. The first-order valence-corrected chi connectivity index (χ1v) is 14.1. The molecule has 2 aliphatic carbocycles. The number of hydrogen-bond donors (Lipinski definition) is 3. The van der Waals surface area contributed by atoms with E-state index in [0.717, 1.165) is 35.5 Å². The van der Waals surface area contributed by atoms with E-state index in [1.807, 2.05) is 41.1 Å². The maximum absolute atomic E-state index is 13.4. The summed E-state index contributed by atoms with van der Waals surface area (Å²) < 4.78 is 2.04. The third-order valence-electron chi connectivity index (χ3n) is 8.09. The van der Waals surface area contributed by atoms with Crippen molar-refractivity contribution in [2.75, 3.05) is 5.32 Å². The molecular formula is C33H32N4O4. The van der Waals surface area contributed by atoms with Gasteiger partial charge in [-0.05, 0) is 73.7 Å². The number of benzene rings is 3. The molecule has 3 aromatic carbocycles. The van der Waals surface area contributed by atoms with E-state index in [4.69, 9.17) is 10.2 Å². The summed E-state index contributed by atoms with van der Waals surface area (Å²) in [5.74, 6) is -1.17. The fraction of sp³-hybridized carbons (Fsp3) is 0.273. The fourth-order valence-corrected chi connectivity index (χ4v) is 5.70. The first-order valence-electron chi connectivity index (χ1n) is 14.1. The summed E-state index contributed by atoms with van der Waals surface area (Å²) >= 11 is 0. The van der Waals surface area contributed by atoms with Gasteiger partial charge < -0.3 is 15.7 Å². The number of para-hydroxylation sites is 1. The number of fused-ring (bicyclic) bond motifs is 1. The van der Waals surface area contributed by atoms with E-state index in [2.05, 4.69) is 22.8 Å². The van der Waals surface area contributed by atoms with Crippen molar-refractivity contribution in [3.05, 3.63) is 95.7 Å². The average Bonchev–Trinajstić information content (AvgIpc) is 3.68. The van der Waals surface area contributed by atoms with Gasteiger partial charge in [-0.3, -0.25) is 9.59 Å². The predicted octanol–water partition coefficient (Wildman–Crippen LogP) is 6.07. The summed E-state index contributed by atoms with van der Waals surface area (Å²) in [5, 5.41) is 20.7. The van der Waals surface area contributed by atoms with Crippen molar-refractivity contribution in [2.24, 2.45) is 0 Å². The monoisotopic (exact) mass is 548 g/mol. The van der Waals surface area contributed by atoms with Crippen LogP contribution in [0.2, 0.25) is 0 Å². The van der Waals surface area contributed by atoms with Crippen molar-refractivity contribution in [1.82, 2.24) is 15.1 Å². The topological polar surface area (TPSA) is 113 Å². The Morgan fingerprint density at radius 1 is 0.927 bits per heavy atom. The summed E-state index contributed by atoms with van der Waals surface area (Å²) in [7, 11) is 0. The lowest BCUT2D eigenvalue weighted by atomic mass is 9.85. The van der Waals surface area contributed by atoms with E-state index in [-0.39, 0.29) is 11.8 Å². The molecule has 2 aliphatic rings. The van der Waals surface area contributed by atoms with Gasteiger partial charge in [-0.25, -0.2) is 9.48 Å². The number of nitrogens with one attached hydrogen (secondary N) is 2. The largest absolute Gasteiger partial charge is 0.478 e. The molecule has 0 bridgehead atoms. The van der Waals surface area contributed by atoms with Gasteiger partial charge in [0.15, 0.2) is 0 Å². The van der Waals surface area contributed by atoms with Crippen LogP contribution in [-0.4, -0.2) is 38.2 Å². The Labute approximate surface area is 238 Å². The van der Waals surface area contributed by atoms with Crippen molar-refractivity contribution >= 4 is 40.4 Å². The van der Waals surface area contributed by atoms with Crippen molar-refractivity contribution < 1.29 is 19.5 Å². The molecule has 1 aromatic heterocycles. The summed E-state index contributed by atoms with van der Waals surface area (Å²) in [6.45, 7) is 0. The van der Waals surface area contributed by atoms with Gasteiger partial charge >= 0.3 is 5.97 Å². The second kappa shape index (κ2) is 11.0. The van der Waals surface area contributed by atoms with Crippen LogP contribution in [0.5, 0.6) is 0 Å². The van der Waals surface area contributed by atoms with Crippen LogP contribution in [0.1, 0.15) is 72.5 Å². The highest BCUT2D eigenvalue weighted by molar-refractivity contribution is 6.06. The summed E-state index contributed by atoms with van der Waals surface area (Å²) in [5.41, 5.74) is 3.79. The number of anilines is 1. The molecule has 0 radical (unpaired) electrons.